The molecule has 0 radical (unpaired) electrons. The summed E-state index contributed by atoms with van der Waals surface area (Å²) in [6.45, 7) is 0.517. The second-order valence-electron chi connectivity index (χ2n) is 3.84. The maximum absolute atomic E-state index is 12.3. The van der Waals surface area contributed by atoms with Gasteiger partial charge in [0.15, 0.2) is 0 Å². The Labute approximate surface area is 103 Å². The van der Waals surface area contributed by atoms with Crippen molar-refractivity contribution in [2.75, 3.05) is 13.1 Å². The molecular formula is C12H15F3N2O. The zero-order valence-corrected chi connectivity index (χ0v) is 10.00. The molecule has 0 unspecified atom stereocenters. The summed E-state index contributed by atoms with van der Waals surface area (Å²) in [5.74, 6) is -0.634. The van der Waals surface area contributed by atoms with Crippen molar-refractivity contribution in [2.45, 2.75) is 19.6 Å². The predicted octanol–water partition coefficient (Wildman–Crippen LogP) is 2.17. The Balaban J connectivity index is 2.89. The molecular weight excluding hydrogens is 245 g/mol. The number of carbonyl (C=O) groups excluding carboxylic acids is 1. The first kappa shape index (κ1) is 14.5. The van der Waals surface area contributed by atoms with E-state index in [1.165, 1.54) is 19.1 Å². The number of alkyl halides is 3. The third-order valence-corrected chi connectivity index (χ3v) is 2.45. The van der Waals surface area contributed by atoms with Gasteiger partial charge >= 0.3 is 6.18 Å². The van der Waals surface area contributed by atoms with Crippen LogP contribution in [0.1, 0.15) is 22.8 Å². The highest BCUT2D eigenvalue weighted by atomic mass is 19.4. The second kappa shape index (κ2) is 5.86. The van der Waals surface area contributed by atoms with E-state index in [1.54, 1.807) is 12.1 Å². The van der Waals surface area contributed by atoms with Crippen molar-refractivity contribution in [3.8, 4) is 0 Å². The molecule has 0 saturated carbocycles. The van der Waals surface area contributed by atoms with Crippen LogP contribution >= 0.6 is 0 Å². The highest BCUT2D eigenvalue weighted by molar-refractivity contribution is 5.94. The molecule has 0 spiro atoms. The van der Waals surface area contributed by atoms with E-state index in [0.29, 0.717) is 5.56 Å². The van der Waals surface area contributed by atoms with Crippen LogP contribution in [0.4, 0.5) is 13.2 Å². The van der Waals surface area contributed by atoms with Gasteiger partial charge in [-0.2, -0.15) is 13.2 Å². The number of hydrogen-bond acceptors (Lipinski definition) is 2. The zero-order valence-electron chi connectivity index (χ0n) is 10.00. The van der Waals surface area contributed by atoms with Gasteiger partial charge in [-0.3, -0.25) is 4.79 Å². The molecule has 1 rings (SSSR count). The number of benzene rings is 1. The van der Waals surface area contributed by atoms with Crippen molar-refractivity contribution in [3.05, 3.63) is 35.4 Å². The van der Waals surface area contributed by atoms with Crippen LogP contribution in [0.15, 0.2) is 24.3 Å². The van der Waals surface area contributed by atoms with Gasteiger partial charge in [0.05, 0.1) is 0 Å². The molecule has 0 aliphatic heterocycles. The molecule has 100 valence electrons. The van der Waals surface area contributed by atoms with Crippen LogP contribution in [-0.2, 0) is 6.54 Å². The summed E-state index contributed by atoms with van der Waals surface area (Å²) in [7, 11) is 0. The lowest BCUT2D eigenvalue weighted by Gasteiger charge is -2.22. The zero-order chi connectivity index (χ0) is 13.8. The summed E-state index contributed by atoms with van der Waals surface area (Å²) in [5.41, 5.74) is 6.36. The van der Waals surface area contributed by atoms with Gasteiger partial charge in [0.25, 0.3) is 5.91 Å². The molecule has 1 aromatic rings. The first-order chi connectivity index (χ1) is 8.37. The van der Waals surface area contributed by atoms with Gasteiger partial charge in [-0.1, -0.05) is 12.1 Å². The van der Waals surface area contributed by atoms with E-state index in [-0.39, 0.29) is 18.7 Å². The average Bonchev–Trinajstić information content (AvgIpc) is 2.34. The van der Waals surface area contributed by atoms with Gasteiger partial charge in [0.1, 0.15) is 6.54 Å². The van der Waals surface area contributed by atoms with E-state index >= 15 is 0 Å². The van der Waals surface area contributed by atoms with E-state index in [0.717, 1.165) is 4.90 Å². The van der Waals surface area contributed by atoms with E-state index in [1.807, 2.05) is 0 Å². The van der Waals surface area contributed by atoms with Gasteiger partial charge in [-0.25, -0.2) is 0 Å². The van der Waals surface area contributed by atoms with Crippen LogP contribution in [-0.4, -0.2) is 30.1 Å². The predicted molar refractivity (Wildman–Crippen MR) is 62.0 cm³/mol. The number of halogens is 3. The summed E-state index contributed by atoms with van der Waals surface area (Å²) in [4.78, 5) is 12.7. The van der Waals surface area contributed by atoms with E-state index in [2.05, 4.69) is 0 Å². The van der Waals surface area contributed by atoms with Gasteiger partial charge in [0.2, 0.25) is 0 Å². The van der Waals surface area contributed by atoms with Crippen molar-refractivity contribution in [3.63, 3.8) is 0 Å². The van der Waals surface area contributed by atoms with Crippen LogP contribution in [0.25, 0.3) is 0 Å². The van der Waals surface area contributed by atoms with Crippen LogP contribution in [0.5, 0.6) is 0 Å². The summed E-state index contributed by atoms with van der Waals surface area (Å²) < 4.78 is 36.9. The Morgan fingerprint density at radius 2 is 2.06 bits per heavy atom. The third-order valence-electron chi connectivity index (χ3n) is 2.45. The topological polar surface area (TPSA) is 46.3 Å². The van der Waals surface area contributed by atoms with Crippen molar-refractivity contribution in [1.29, 1.82) is 0 Å². The van der Waals surface area contributed by atoms with Crippen LogP contribution in [0.3, 0.4) is 0 Å². The maximum atomic E-state index is 12.3. The molecule has 6 heteroatoms. The fourth-order valence-corrected chi connectivity index (χ4v) is 1.56. The van der Waals surface area contributed by atoms with Crippen LogP contribution in [0, 0.1) is 0 Å². The second-order valence-corrected chi connectivity index (χ2v) is 3.84. The van der Waals surface area contributed by atoms with E-state index in [4.69, 9.17) is 5.73 Å². The van der Waals surface area contributed by atoms with Gasteiger partial charge in [-0.05, 0) is 24.6 Å². The Kier molecular flexibility index (Phi) is 4.72. The first-order valence-corrected chi connectivity index (χ1v) is 5.52. The molecule has 18 heavy (non-hydrogen) atoms. The SMILES string of the molecule is CCN(CC(F)(F)F)C(=O)c1cccc(CN)c1. The normalized spacial score (nSPS) is 11.4. The largest absolute Gasteiger partial charge is 0.406 e. The Bertz CT molecular complexity index is 418. The Morgan fingerprint density at radius 1 is 1.39 bits per heavy atom. The molecule has 1 amide bonds. The van der Waals surface area contributed by atoms with Crippen LogP contribution in [0.2, 0.25) is 0 Å². The van der Waals surface area contributed by atoms with Crippen molar-refractivity contribution >= 4 is 5.91 Å². The average molecular weight is 260 g/mol. The van der Waals surface area contributed by atoms with Gasteiger partial charge in [-0.15, -0.1) is 0 Å². The molecule has 0 aliphatic carbocycles. The van der Waals surface area contributed by atoms with E-state index in [9.17, 15) is 18.0 Å². The molecule has 2 N–H and O–H groups in total. The molecule has 0 saturated heterocycles. The monoisotopic (exact) mass is 260 g/mol. The summed E-state index contributed by atoms with van der Waals surface area (Å²) in [6, 6.07) is 6.33. The summed E-state index contributed by atoms with van der Waals surface area (Å²) >= 11 is 0. The summed E-state index contributed by atoms with van der Waals surface area (Å²) in [6.07, 6.45) is -4.39. The molecule has 0 heterocycles. The van der Waals surface area contributed by atoms with Crippen molar-refractivity contribution in [1.82, 2.24) is 4.90 Å². The van der Waals surface area contributed by atoms with Crippen molar-refractivity contribution in [2.24, 2.45) is 5.73 Å². The minimum Gasteiger partial charge on any atom is -0.330 e. The van der Waals surface area contributed by atoms with E-state index < -0.39 is 18.6 Å². The number of nitrogens with zero attached hydrogens (tertiary/aromatic N) is 1. The number of carbonyl (C=O) groups is 1. The Morgan fingerprint density at radius 3 is 2.56 bits per heavy atom. The number of nitrogens with two attached hydrogens (primary N) is 1. The number of rotatable bonds is 4. The molecule has 1 aromatic carbocycles. The lowest BCUT2D eigenvalue weighted by Crippen LogP contribution is -2.38. The molecule has 0 bridgehead atoms. The number of amides is 1. The lowest BCUT2D eigenvalue weighted by molar-refractivity contribution is -0.140. The maximum Gasteiger partial charge on any atom is 0.406 e. The minimum absolute atomic E-state index is 0.00515. The van der Waals surface area contributed by atoms with Gasteiger partial charge < -0.3 is 10.6 Å². The lowest BCUT2D eigenvalue weighted by atomic mass is 10.1. The highest BCUT2D eigenvalue weighted by Crippen LogP contribution is 2.18. The summed E-state index contributed by atoms with van der Waals surface area (Å²) in [5, 5.41) is 0. The molecule has 0 fully saturated rings. The van der Waals surface area contributed by atoms with Crippen molar-refractivity contribution < 1.29 is 18.0 Å². The molecule has 3 nitrogen and oxygen atoms in total. The molecule has 0 aromatic heterocycles. The smallest absolute Gasteiger partial charge is 0.330 e. The molecule has 0 aliphatic rings. The fraction of sp³-hybridized carbons (Fsp3) is 0.417. The minimum atomic E-state index is -4.39. The first-order valence-electron chi connectivity index (χ1n) is 5.52. The molecule has 0 atom stereocenters. The van der Waals surface area contributed by atoms with Crippen LogP contribution < -0.4 is 5.73 Å². The Hall–Kier alpha value is -1.56. The quantitative estimate of drug-likeness (QED) is 0.901. The van der Waals surface area contributed by atoms with Gasteiger partial charge in [0, 0.05) is 18.7 Å². The third kappa shape index (κ3) is 4.03. The highest BCUT2D eigenvalue weighted by Gasteiger charge is 2.32. The number of hydrogen-bond donors (Lipinski definition) is 1. The fourth-order valence-electron chi connectivity index (χ4n) is 1.56. The standard InChI is InChI=1S/C12H15F3N2O/c1-2-17(8-12(13,14)15)11(18)10-5-3-4-9(6-10)7-16/h3-6H,2,7-8,16H2,1H3.